The predicted molar refractivity (Wildman–Crippen MR) is 38.4 cm³/mol. The maximum Gasteiger partial charge on any atom is 0.423 e. The smallest absolute Gasteiger partial charge is 0.168 e. The standard InChI is InChI=1S/C5H8F3NOS/c1-2-3-11-4(9-10)5(6,7)8/h4H,2-3H2,1H3. The van der Waals surface area contributed by atoms with E-state index in [-0.39, 0.29) is 0 Å². The Balaban J connectivity index is 3.86. The summed E-state index contributed by atoms with van der Waals surface area (Å²) in [5.41, 5.74) is 0. The SMILES string of the molecule is CCCSC(N=O)C(F)(F)F. The number of thioether (sulfide) groups is 1. The highest BCUT2D eigenvalue weighted by Gasteiger charge is 2.41. The Hall–Kier alpha value is -0.260. The van der Waals surface area contributed by atoms with Gasteiger partial charge in [0.15, 0.2) is 0 Å². The summed E-state index contributed by atoms with van der Waals surface area (Å²) < 4.78 is 35.2. The van der Waals surface area contributed by atoms with E-state index >= 15 is 0 Å². The molecule has 0 aliphatic rings. The number of hydrogen-bond acceptors (Lipinski definition) is 3. The molecular weight excluding hydrogens is 179 g/mol. The first kappa shape index (κ1) is 10.7. The highest BCUT2D eigenvalue weighted by atomic mass is 32.2. The van der Waals surface area contributed by atoms with E-state index in [4.69, 9.17) is 0 Å². The van der Waals surface area contributed by atoms with Crippen LogP contribution in [0.25, 0.3) is 0 Å². The van der Waals surface area contributed by atoms with Crippen molar-refractivity contribution in [2.24, 2.45) is 5.18 Å². The number of hydrogen-bond donors (Lipinski definition) is 0. The van der Waals surface area contributed by atoms with Gasteiger partial charge in [0.1, 0.15) is 0 Å². The fraction of sp³-hybridized carbons (Fsp3) is 1.00. The number of rotatable bonds is 4. The molecule has 0 aromatic rings. The van der Waals surface area contributed by atoms with Crippen molar-refractivity contribution >= 4 is 11.8 Å². The molecule has 0 N–H and O–H groups in total. The second-order valence-corrected chi connectivity index (χ2v) is 3.06. The number of alkyl halides is 3. The Morgan fingerprint density at radius 2 is 2.09 bits per heavy atom. The lowest BCUT2D eigenvalue weighted by atomic mass is 10.6. The number of nitroso groups, excluding NO2 is 1. The molecule has 0 aliphatic heterocycles. The van der Waals surface area contributed by atoms with E-state index in [2.05, 4.69) is 0 Å². The third kappa shape index (κ3) is 4.23. The Morgan fingerprint density at radius 1 is 1.55 bits per heavy atom. The molecular formula is C5H8F3NOS. The van der Waals surface area contributed by atoms with Gasteiger partial charge in [-0.3, -0.25) is 0 Å². The minimum Gasteiger partial charge on any atom is -0.168 e. The van der Waals surface area contributed by atoms with Gasteiger partial charge in [0, 0.05) is 0 Å². The highest BCUT2D eigenvalue weighted by Crippen LogP contribution is 2.31. The molecule has 66 valence electrons. The summed E-state index contributed by atoms with van der Waals surface area (Å²) >= 11 is 0.524. The molecule has 0 rings (SSSR count). The van der Waals surface area contributed by atoms with Gasteiger partial charge in [0.2, 0.25) is 5.37 Å². The van der Waals surface area contributed by atoms with Gasteiger partial charge in [0.25, 0.3) is 0 Å². The molecule has 0 amide bonds. The maximum atomic E-state index is 11.7. The van der Waals surface area contributed by atoms with Crippen LogP contribution in [0.1, 0.15) is 13.3 Å². The fourth-order valence-electron chi connectivity index (χ4n) is 0.414. The van der Waals surface area contributed by atoms with Crippen molar-refractivity contribution in [1.29, 1.82) is 0 Å². The third-order valence-corrected chi connectivity index (χ3v) is 2.17. The van der Waals surface area contributed by atoms with E-state index in [1.54, 1.807) is 6.92 Å². The Labute approximate surface area is 66.5 Å². The van der Waals surface area contributed by atoms with Crippen molar-refractivity contribution in [2.75, 3.05) is 5.75 Å². The Kier molecular flexibility index (Phi) is 4.48. The lowest BCUT2D eigenvalue weighted by Gasteiger charge is -2.11. The van der Waals surface area contributed by atoms with Crippen LogP contribution in [-0.2, 0) is 0 Å². The zero-order valence-electron chi connectivity index (χ0n) is 5.89. The van der Waals surface area contributed by atoms with Crippen LogP contribution in [0.5, 0.6) is 0 Å². The van der Waals surface area contributed by atoms with E-state index in [0.29, 0.717) is 23.9 Å². The Bertz CT molecular complexity index is 127. The number of halogens is 3. The van der Waals surface area contributed by atoms with Gasteiger partial charge in [-0.05, 0) is 17.4 Å². The molecule has 0 saturated carbocycles. The van der Waals surface area contributed by atoms with Gasteiger partial charge >= 0.3 is 6.18 Å². The first-order chi connectivity index (χ1) is 5.02. The molecule has 0 bridgehead atoms. The first-order valence-corrected chi connectivity index (χ1v) is 4.08. The zero-order chi connectivity index (χ0) is 8.91. The van der Waals surface area contributed by atoms with Crippen LogP contribution < -0.4 is 0 Å². The highest BCUT2D eigenvalue weighted by molar-refractivity contribution is 7.99. The lowest BCUT2D eigenvalue weighted by molar-refractivity contribution is -0.127. The van der Waals surface area contributed by atoms with Crippen LogP contribution in [-0.4, -0.2) is 17.3 Å². The van der Waals surface area contributed by atoms with Crippen LogP contribution in [0.2, 0.25) is 0 Å². The van der Waals surface area contributed by atoms with Gasteiger partial charge in [-0.1, -0.05) is 6.92 Å². The van der Waals surface area contributed by atoms with E-state index in [1.807, 2.05) is 5.18 Å². The van der Waals surface area contributed by atoms with Crippen molar-refractivity contribution < 1.29 is 13.2 Å². The van der Waals surface area contributed by atoms with Gasteiger partial charge in [-0.2, -0.15) is 13.2 Å². The van der Waals surface area contributed by atoms with Crippen LogP contribution >= 0.6 is 11.8 Å². The second kappa shape index (κ2) is 4.58. The monoisotopic (exact) mass is 187 g/mol. The molecule has 6 heteroatoms. The summed E-state index contributed by atoms with van der Waals surface area (Å²) in [5, 5.41) is -0.110. The minimum atomic E-state index is -4.50. The molecule has 0 aliphatic carbocycles. The quantitative estimate of drug-likeness (QED) is 0.633. The summed E-state index contributed by atoms with van der Waals surface area (Å²) in [7, 11) is 0. The van der Waals surface area contributed by atoms with Gasteiger partial charge in [0.05, 0.1) is 0 Å². The average molecular weight is 187 g/mol. The van der Waals surface area contributed by atoms with Crippen LogP contribution in [0.15, 0.2) is 5.18 Å². The normalized spacial score (nSPS) is 14.5. The largest absolute Gasteiger partial charge is 0.423 e. The summed E-state index contributed by atoms with van der Waals surface area (Å²) in [5.74, 6) is 0.302. The molecule has 0 fully saturated rings. The fourth-order valence-corrected chi connectivity index (χ4v) is 1.12. The van der Waals surface area contributed by atoms with E-state index < -0.39 is 11.6 Å². The molecule has 0 aromatic carbocycles. The van der Waals surface area contributed by atoms with E-state index in [9.17, 15) is 18.1 Å². The van der Waals surface area contributed by atoms with Gasteiger partial charge in [-0.15, -0.1) is 16.7 Å². The predicted octanol–water partition coefficient (Wildman–Crippen LogP) is 2.78. The number of nitrogens with zero attached hydrogens (tertiary/aromatic N) is 1. The van der Waals surface area contributed by atoms with Crippen LogP contribution in [0.4, 0.5) is 13.2 Å². The Morgan fingerprint density at radius 3 is 2.36 bits per heavy atom. The lowest BCUT2D eigenvalue weighted by Crippen LogP contribution is -2.23. The van der Waals surface area contributed by atoms with Crippen molar-refractivity contribution in [3.05, 3.63) is 4.91 Å². The maximum absolute atomic E-state index is 11.7. The van der Waals surface area contributed by atoms with Crippen molar-refractivity contribution in [3.8, 4) is 0 Å². The molecule has 11 heavy (non-hydrogen) atoms. The van der Waals surface area contributed by atoms with Crippen molar-refractivity contribution in [1.82, 2.24) is 0 Å². The molecule has 0 aromatic heterocycles. The van der Waals surface area contributed by atoms with Gasteiger partial charge < -0.3 is 0 Å². The minimum absolute atomic E-state index is 0.302. The first-order valence-electron chi connectivity index (χ1n) is 3.03. The summed E-state index contributed by atoms with van der Waals surface area (Å²) in [6.45, 7) is 1.74. The van der Waals surface area contributed by atoms with E-state index in [1.165, 1.54) is 0 Å². The second-order valence-electron chi connectivity index (χ2n) is 1.87. The summed E-state index contributed by atoms with van der Waals surface area (Å²) in [6, 6.07) is 0. The third-order valence-electron chi connectivity index (χ3n) is 0.856. The van der Waals surface area contributed by atoms with Crippen LogP contribution in [0, 0.1) is 4.91 Å². The van der Waals surface area contributed by atoms with E-state index in [0.717, 1.165) is 0 Å². The topological polar surface area (TPSA) is 29.4 Å². The molecule has 0 saturated heterocycles. The van der Waals surface area contributed by atoms with Crippen LogP contribution in [0.3, 0.4) is 0 Å². The molecule has 1 unspecified atom stereocenters. The zero-order valence-corrected chi connectivity index (χ0v) is 6.71. The molecule has 0 heterocycles. The molecule has 0 radical (unpaired) electrons. The summed E-state index contributed by atoms with van der Waals surface area (Å²) in [6.07, 6.45) is -3.89. The molecule has 2 nitrogen and oxygen atoms in total. The molecule has 0 spiro atoms. The van der Waals surface area contributed by atoms with Gasteiger partial charge in [-0.25, -0.2) is 0 Å². The summed E-state index contributed by atoms with van der Waals surface area (Å²) in [4.78, 5) is 9.67. The molecule has 1 atom stereocenters. The van der Waals surface area contributed by atoms with Crippen molar-refractivity contribution in [2.45, 2.75) is 24.9 Å². The van der Waals surface area contributed by atoms with Crippen molar-refractivity contribution in [3.63, 3.8) is 0 Å². The average Bonchev–Trinajstić information content (AvgIpc) is 1.87.